The molecule has 0 amide bonds. The Morgan fingerprint density at radius 2 is 1.80 bits per heavy atom. The van der Waals surface area contributed by atoms with Crippen LogP contribution in [0.5, 0.6) is 5.75 Å². The highest BCUT2D eigenvalue weighted by atomic mass is 16.5. The average molecular weight is 272 g/mol. The van der Waals surface area contributed by atoms with Crippen LogP contribution in [0, 0.1) is 0 Å². The number of phenols is 1. The van der Waals surface area contributed by atoms with Crippen LogP contribution in [0.25, 0.3) is 11.1 Å². The van der Waals surface area contributed by atoms with Gasteiger partial charge < -0.3 is 14.9 Å². The molecule has 0 heterocycles. The van der Waals surface area contributed by atoms with E-state index in [1.807, 2.05) is 6.07 Å². The van der Waals surface area contributed by atoms with Crippen LogP contribution in [0.4, 0.5) is 0 Å². The quantitative estimate of drug-likeness (QED) is 0.840. The first-order chi connectivity index (χ1) is 9.63. The van der Waals surface area contributed by atoms with Gasteiger partial charge in [0.2, 0.25) is 0 Å². The third-order valence-corrected chi connectivity index (χ3v) is 2.95. The van der Waals surface area contributed by atoms with Crippen molar-refractivity contribution in [3.05, 3.63) is 54.1 Å². The first-order valence-electron chi connectivity index (χ1n) is 6.36. The number of aliphatic hydroxyl groups is 1. The first kappa shape index (κ1) is 14.1. The van der Waals surface area contributed by atoms with Crippen LogP contribution < -0.4 is 0 Å². The van der Waals surface area contributed by atoms with Gasteiger partial charge in [0, 0.05) is 5.56 Å². The number of hydrogen-bond acceptors (Lipinski definition) is 4. The molecule has 20 heavy (non-hydrogen) atoms. The molecule has 0 aromatic heterocycles. The van der Waals surface area contributed by atoms with Crippen molar-refractivity contribution in [2.45, 2.75) is 13.0 Å². The summed E-state index contributed by atoms with van der Waals surface area (Å²) in [5.41, 5.74) is 1.97. The Labute approximate surface area is 117 Å². The molecule has 2 aromatic carbocycles. The maximum atomic E-state index is 11.4. The minimum atomic E-state index is -1.28. The number of aromatic hydroxyl groups is 1. The van der Waals surface area contributed by atoms with Gasteiger partial charge in [-0.15, -0.1) is 0 Å². The van der Waals surface area contributed by atoms with E-state index in [1.54, 1.807) is 49.4 Å². The first-order valence-corrected chi connectivity index (χ1v) is 6.36. The smallest absolute Gasteiger partial charge is 0.339 e. The van der Waals surface area contributed by atoms with Gasteiger partial charge in [-0.3, -0.25) is 0 Å². The molecule has 0 saturated heterocycles. The highest BCUT2D eigenvalue weighted by molar-refractivity contribution is 5.77. The molecule has 0 radical (unpaired) electrons. The van der Waals surface area contributed by atoms with Gasteiger partial charge in [0.05, 0.1) is 6.61 Å². The minimum absolute atomic E-state index is 0.186. The fourth-order valence-electron chi connectivity index (χ4n) is 1.92. The van der Waals surface area contributed by atoms with E-state index >= 15 is 0 Å². The molecule has 1 atom stereocenters. The van der Waals surface area contributed by atoms with Crippen molar-refractivity contribution in [3.8, 4) is 16.9 Å². The number of rotatable bonds is 4. The molecule has 0 aliphatic heterocycles. The SMILES string of the molecule is CCOC(=O)C(O)c1ccc(-c2ccccc2O)cc1. The van der Waals surface area contributed by atoms with Crippen molar-refractivity contribution in [2.24, 2.45) is 0 Å². The molecule has 0 bridgehead atoms. The van der Waals surface area contributed by atoms with Crippen LogP contribution >= 0.6 is 0 Å². The molecule has 1 unspecified atom stereocenters. The lowest BCUT2D eigenvalue weighted by Crippen LogP contribution is -2.15. The van der Waals surface area contributed by atoms with E-state index in [1.165, 1.54) is 0 Å². The molecule has 0 fully saturated rings. The summed E-state index contributed by atoms with van der Waals surface area (Å²) in [6.45, 7) is 1.91. The Kier molecular flexibility index (Phi) is 4.38. The molecule has 0 aliphatic carbocycles. The zero-order chi connectivity index (χ0) is 14.5. The number of carbonyl (C=O) groups excluding carboxylic acids is 1. The number of aliphatic hydroxyl groups excluding tert-OH is 1. The van der Waals surface area contributed by atoms with E-state index in [9.17, 15) is 15.0 Å². The zero-order valence-corrected chi connectivity index (χ0v) is 11.1. The third-order valence-electron chi connectivity index (χ3n) is 2.95. The fraction of sp³-hybridized carbons (Fsp3) is 0.188. The second-order valence-electron chi connectivity index (χ2n) is 4.29. The summed E-state index contributed by atoms with van der Waals surface area (Å²) in [6, 6.07) is 13.8. The summed E-state index contributed by atoms with van der Waals surface area (Å²) in [6.07, 6.45) is -1.28. The molecule has 104 valence electrons. The minimum Gasteiger partial charge on any atom is -0.507 e. The zero-order valence-electron chi connectivity index (χ0n) is 11.1. The van der Waals surface area contributed by atoms with Crippen LogP contribution in [0.1, 0.15) is 18.6 Å². The summed E-state index contributed by atoms with van der Waals surface area (Å²) in [4.78, 5) is 11.4. The predicted octanol–water partition coefficient (Wildman–Crippen LogP) is 2.66. The van der Waals surface area contributed by atoms with Gasteiger partial charge in [0.1, 0.15) is 5.75 Å². The van der Waals surface area contributed by atoms with Crippen molar-refractivity contribution in [1.29, 1.82) is 0 Å². The second-order valence-corrected chi connectivity index (χ2v) is 4.29. The third kappa shape index (κ3) is 2.97. The molecular weight excluding hydrogens is 256 g/mol. The molecule has 0 saturated carbocycles. The van der Waals surface area contributed by atoms with Crippen molar-refractivity contribution in [2.75, 3.05) is 6.61 Å². The topological polar surface area (TPSA) is 66.8 Å². The molecule has 4 nitrogen and oxygen atoms in total. The number of phenolic OH excluding ortho intramolecular Hbond substituents is 1. The maximum Gasteiger partial charge on any atom is 0.339 e. The molecule has 0 spiro atoms. The van der Waals surface area contributed by atoms with Gasteiger partial charge in [-0.1, -0.05) is 42.5 Å². The largest absolute Gasteiger partial charge is 0.507 e. The fourth-order valence-corrected chi connectivity index (χ4v) is 1.92. The number of para-hydroxylation sites is 1. The van der Waals surface area contributed by atoms with Crippen LogP contribution in [-0.2, 0) is 9.53 Å². The lowest BCUT2D eigenvalue weighted by molar-refractivity contribution is -0.153. The van der Waals surface area contributed by atoms with Crippen LogP contribution in [-0.4, -0.2) is 22.8 Å². The highest BCUT2D eigenvalue weighted by Gasteiger charge is 2.18. The summed E-state index contributed by atoms with van der Waals surface area (Å²) < 4.78 is 4.76. The summed E-state index contributed by atoms with van der Waals surface area (Å²) in [5, 5.41) is 19.6. The molecular formula is C16H16O4. The van der Waals surface area contributed by atoms with Crippen molar-refractivity contribution in [1.82, 2.24) is 0 Å². The Bertz CT molecular complexity index is 590. The average Bonchev–Trinajstić information content (AvgIpc) is 2.47. The Hall–Kier alpha value is -2.33. The van der Waals surface area contributed by atoms with Crippen molar-refractivity contribution >= 4 is 5.97 Å². The van der Waals surface area contributed by atoms with Gasteiger partial charge in [0.25, 0.3) is 0 Å². The normalized spacial score (nSPS) is 11.9. The maximum absolute atomic E-state index is 11.4. The van der Waals surface area contributed by atoms with Gasteiger partial charge in [-0.25, -0.2) is 4.79 Å². The van der Waals surface area contributed by atoms with Crippen molar-refractivity contribution < 1.29 is 19.7 Å². The summed E-state index contributed by atoms with van der Waals surface area (Å²) in [5.74, 6) is -0.478. The van der Waals surface area contributed by atoms with E-state index < -0.39 is 12.1 Å². The summed E-state index contributed by atoms with van der Waals surface area (Å²) in [7, 11) is 0. The molecule has 2 N–H and O–H groups in total. The standard InChI is InChI=1S/C16H16O4/c1-2-20-16(19)15(18)12-9-7-11(8-10-12)13-5-3-4-6-14(13)17/h3-10,15,17-18H,2H2,1H3. The molecule has 2 rings (SSSR count). The van der Waals surface area contributed by atoms with Crippen LogP contribution in [0.2, 0.25) is 0 Å². The number of ether oxygens (including phenoxy) is 1. The van der Waals surface area contributed by atoms with E-state index in [0.717, 1.165) is 5.56 Å². The van der Waals surface area contributed by atoms with Gasteiger partial charge >= 0.3 is 5.97 Å². The Morgan fingerprint density at radius 3 is 2.40 bits per heavy atom. The Balaban J connectivity index is 2.23. The lowest BCUT2D eigenvalue weighted by Gasteiger charge is -2.11. The summed E-state index contributed by atoms with van der Waals surface area (Å²) >= 11 is 0. The molecule has 2 aromatic rings. The van der Waals surface area contributed by atoms with Crippen molar-refractivity contribution in [3.63, 3.8) is 0 Å². The number of esters is 1. The van der Waals surface area contributed by atoms with Gasteiger partial charge in [0.15, 0.2) is 6.10 Å². The van der Waals surface area contributed by atoms with Gasteiger partial charge in [-0.2, -0.15) is 0 Å². The number of hydrogen-bond donors (Lipinski definition) is 2. The second kappa shape index (κ2) is 6.21. The molecule has 4 heteroatoms. The molecule has 0 aliphatic rings. The van der Waals surface area contributed by atoms with E-state index in [2.05, 4.69) is 0 Å². The highest BCUT2D eigenvalue weighted by Crippen LogP contribution is 2.29. The predicted molar refractivity (Wildman–Crippen MR) is 75.1 cm³/mol. The Morgan fingerprint density at radius 1 is 1.15 bits per heavy atom. The van der Waals surface area contributed by atoms with E-state index in [4.69, 9.17) is 4.74 Å². The number of carbonyl (C=O) groups is 1. The van der Waals surface area contributed by atoms with E-state index in [-0.39, 0.29) is 12.4 Å². The van der Waals surface area contributed by atoms with Crippen LogP contribution in [0.15, 0.2) is 48.5 Å². The lowest BCUT2D eigenvalue weighted by atomic mass is 10.0. The number of benzene rings is 2. The van der Waals surface area contributed by atoms with E-state index in [0.29, 0.717) is 11.1 Å². The monoisotopic (exact) mass is 272 g/mol. The van der Waals surface area contributed by atoms with Crippen LogP contribution in [0.3, 0.4) is 0 Å². The van der Waals surface area contributed by atoms with Gasteiger partial charge in [-0.05, 0) is 24.1 Å².